The summed E-state index contributed by atoms with van der Waals surface area (Å²) in [6, 6.07) is 19.3. The number of nitrogens with one attached hydrogen (secondary N) is 2. The summed E-state index contributed by atoms with van der Waals surface area (Å²) in [5.74, 6) is -0.505. The number of aromatic nitrogens is 2. The van der Waals surface area contributed by atoms with E-state index in [1.165, 1.54) is 16.7 Å². The average Bonchev–Trinajstić information content (AvgIpc) is 3.42. The van der Waals surface area contributed by atoms with Gasteiger partial charge in [-0.2, -0.15) is 0 Å². The van der Waals surface area contributed by atoms with Crippen molar-refractivity contribution < 1.29 is 42.9 Å². The minimum Gasteiger partial charge on any atom is -0.448 e. The zero-order chi connectivity index (χ0) is 34.4. The number of rotatable bonds is 12. The van der Waals surface area contributed by atoms with Gasteiger partial charge in [0.1, 0.15) is 35.9 Å². The number of carbonyl (C=O) groups is 5. The number of β-lactam (4-membered cyclic amide) rings is 1. The van der Waals surface area contributed by atoms with Gasteiger partial charge in [0, 0.05) is 11.3 Å². The topological polar surface area (TPSA) is 175 Å². The molecule has 3 aromatic rings. The zero-order valence-corrected chi connectivity index (χ0v) is 27.5. The number of anilines is 1. The van der Waals surface area contributed by atoms with Crippen molar-refractivity contribution in [2.24, 2.45) is 5.73 Å². The quantitative estimate of drug-likeness (QED) is 0.0856. The molecule has 0 spiro atoms. The zero-order valence-electron chi connectivity index (χ0n) is 26.7. The normalized spacial score (nSPS) is 17.2. The standard InChI is InChI=1S/C33H36N6O8S/c1-33(2,3)47-32(44)36-25-28(41)39-26(30(42)46-27(21-10-6-4-7-11-21)22-12-8-5-9-13-22)23(19-48-29(25)39)18-37-15-14-24(35-20-40)38(37)16-17-45-31(34)43/h4-15,20,25,27,29H,16-19H2,1-3H3,(H3,34,36,43,44)/p+1/t25-,29-/m1/s1. The van der Waals surface area contributed by atoms with Crippen molar-refractivity contribution in [2.75, 3.05) is 17.7 Å². The molecule has 1 saturated heterocycles. The molecule has 2 aliphatic heterocycles. The molecular weight excluding hydrogens is 640 g/mol. The number of ether oxygens (including phenoxy) is 3. The fourth-order valence-corrected chi connectivity index (χ4v) is 6.77. The number of alkyl carbamates (subject to hydrolysis) is 1. The van der Waals surface area contributed by atoms with E-state index in [1.807, 2.05) is 60.7 Å². The van der Waals surface area contributed by atoms with Crippen LogP contribution in [0.15, 0.2) is 84.2 Å². The Morgan fingerprint density at radius 2 is 1.71 bits per heavy atom. The number of hydrogen-bond acceptors (Lipinski definition) is 9. The summed E-state index contributed by atoms with van der Waals surface area (Å²) in [6.07, 6.45) is -0.268. The van der Waals surface area contributed by atoms with Gasteiger partial charge in [0.15, 0.2) is 24.7 Å². The van der Waals surface area contributed by atoms with E-state index in [1.54, 1.807) is 42.4 Å². The third kappa shape index (κ3) is 7.79. The molecule has 2 aromatic carbocycles. The molecule has 5 rings (SSSR count). The number of carbonyl (C=O) groups excluding carboxylic acids is 5. The van der Waals surface area contributed by atoms with Crippen LogP contribution in [0.5, 0.6) is 0 Å². The molecule has 1 aromatic heterocycles. The predicted octanol–water partition coefficient (Wildman–Crippen LogP) is 2.83. The molecule has 2 atom stereocenters. The first-order chi connectivity index (χ1) is 23.0. The van der Waals surface area contributed by atoms with Crippen LogP contribution in [0.1, 0.15) is 38.0 Å². The summed E-state index contributed by atoms with van der Waals surface area (Å²) in [5, 5.41) is 4.66. The van der Waals surface area contributed by atoms with Gasteiger partial charge in [-0.1, -0.05) is 60.7 Å². The Morgan fingerprint density at radius 3 is 2.29 bits per heavy atom. The van der Waals surface area contributed by atoms with Crippen LogP contribution in [0.4, 0.5) is 15.4 Å². The first-order valence-electron chi connectivity index (χ1n) is 15.2. The molecule has 3 heterocycles. The van der Waals surface area contributed by atoms with Crippen LogP contribution in [0.25, 0.3) is 0 Å². The van der Waals surface area contributed by atoms with E-state index >= 15 is 0 Å². The number of thioether (sulfide) groups is 1. The highest BCUT2D eigenvalue weighted by atomic mass is 32.2. The van der Waals surface area contributed by atoms with Crippen molar-refractivity contribution in [3.8, 4) is 0 Å². The lowest BCUT2D eigenvalue weighted by molar-refractivity contribution is -0.767. The monoisotopic (exact) mass is 677 g/mol. The Balaban J connectivity index is 1.50. The largest absolute Gasteiger partial charge is 0.448 e. The van der Waals surface area contributed by atoms with Gasteiger partial charge in [0.25, 0.3) is 5.91 Å². The minimum atomic E-state index is -0.946. The third-order valence-electron chi connectivity index (χ3n) is 7.44. The lowest BCUT2D eigenvalue weighted by Crippen LogP contribution is -2.71. The minimum absolute atomic E-state index is 0.0568. The van der Waals surface area contributed by atoms with Gasteiger partial charge >= 0.3 is 18.2 Å². The number of esters is 1. The highest BCUT2D eigenvalue weighted by Crippen LogP contribution is 2.42. The Hall–Kier alpha value is -5.31. The molecule has 0 saturated carbocycles. The summed E-state index contributed by atoms with van der Waals surface area (Å²) in [6.45, 7) is 5.32. The summed E-state index contributed by atoms with van der Waals surface area (Å²) in [5.41, 5.74) is 6.45. The van der Waals surface area contributed by atoms with Crippen LogP contribution in [0.2, 0.25) is 0 Å². The maximum Gasteiger partial charge on any atom is 0.408 e. The molecule has 4 N–H and O–H groups in total. The molecule has 0 radical (unpaired) electrons. The number of hydrogen-bond donors (Lipinski definition) is 3. The smallest absolute Gasteiger partial charge is 0.408 e. The molecule has 1 fully saturated rings. The summed E-state index contributed by atoms with van der Waals surface area (Å²) < 4.78 is 19.9. The predicted molar refractivity (Wildman–Crippen MR) is 174 cm³/mol. The molecule has 4 amide bonds. The van der Waals surface area contributed by atoms with E-state index in [0.29, 0.717) is 23.6 Å². The average molecular weight is 678 g/mol. The second-order valence-electron chi connectivity index (χ2n) is 11.9. The van der Waals surface area contributed by atoms with E-state index in [2.05, 4.69) is 10.6 Å². The van der Waals surface area contributed by atoms with Crippen LogP contribution < -0.4 is 21.0 Å². The van der Waals surface area contributed by atoms with E-state index in [4.69, 9.17) is 19.9 Å². The second kappa shape index (κ2) is 14.6. The number of amides is 4. The van der Waals surface area contributed by atoms with E-state index in [-0.39, 0.29) is 25.4 Å². The van der Waals surface area contributed by atoms with Crippen molar-refractivity contribution in [1.82, 2.24) is 14.9 Å². The molecule has 14 nitrogen and oxygen atoms in total. The van der Waals surface area contributed by atoms with Gasteiger partial charge in [-0.15, -0.1) is 21.1 Å². The Bertz CT molecular complexity index is 1670. The molecule has 2 aliphatic rings. The van der Waals surface area contributed by atoms with E-state index < -0.39 is 47.2 Å². The van der Waals surface area contributed by atoms with Crippen LogP contribution in [0, 0.1) is 0 Å². The maximum atomic E-state index is 14.3. The summed E-state index contributed by atoms with van der Waals surface area (Å²) in [7, 11) is 0. The number of benzene rings is 2. The second-order valence-corrected chi connectivity index (χ2v) is 13.0. The van der Waals surface area contributed by atoms with Crippen molar-refractivity contribution in [3.05, 3.63) is 95.3 Å². The third-order valence-corrected chi connectivity index (χ3v) is 8.78. The van der Waals surface area contributed by atoms with Gasteiger partial charge in [-0.25, -0.2) is 14.4 Å². The van der Waals surface area contributed by atoms with Gasteiger partial charge in [0.05, 0.1) is 6.07 Å². The Kier molecular flexibility index (Phi) is 10.4. The highest BCUT2D eigenvalue weighted by Gasteiger charge is 2.55. The van der Waals surface area contributed by atoms with Gasteiger partial charge in [-0.05, 0) is 31.9 Å². The molecule has 48 heavy (non-hydrogen) atoms. The lowest BCUT2D eigenvalue weighted by atomic mass is 10.0. The fraction of sp³-hybridized carbons (Fsp3) is 0.333. The van der Waals surface area contributed by atoms with Crippen LogP contribution in [-0.2, 0) is 41.7 Å². The number of nitrogens with zero attached hydrogens (tertiary/aromatic N) is 3. The van der Waals surface area contributed by atoms with Crippen molar-refractivity contribution in [2.45, 2.75) is 57.0 Å². The van der Waals surface area contributed by atoms with Crippen LogP contribution in [-0.4, -0.2) is 69.4 Å². The molecule has 0 unspecified atom stereocenters. The molecular formula is C33H37N6O8S+. The first-order valence-corrected chi connectivity index (χ1v) is 16.2. The molecule has 0 aliphatic carbocycles. The van der Waals surface area contributed by atoms with Gasteiger partial charge in [-0.3, -0.25) is 14.5 Å². The highest BCUT2D eigenvalue weighted by molar-refractivity contribution is 8.00. The van der Waals surface area contributed by atoms with Crippen LogP contribution >= 0.6 is 11.8 Å². The Labute approximate surface area is 281 Å². The number of nitrogens with two attached hydrogens (primary N) is 1. The maximum absolute atomic E-state index is 14.3. The fourth-order valence-electron chi connectivity index (χ4n) is 5.43. The van der Waals surface area contributed by atoms with Crippen molar-refractivity contribution in [1.29, 1.82) is 0 Å². The first kappa shape index (κ1) is 34.0. The molecule has 0 bridgehead atoms. The molecule has 15 heteroatoms. The van der Waals surface area contributed by atoms with Crippen LogP contribution in [0.3, 0.4) is 0 Å². The summed E-state index contributed by atoms with van der Waals surface area (Å²) in [4.78, 5) is 64.4. The Morgan fingerprint density at radius 1 is 1.06 bits per heavy atom. The molecule has 252 valence electrons. The SMILES string of the molecule is CC(C)(C)OC(=O)N[C@@H]1C(=O)N2C(C(=O)OC(c3ccccc3)c3ccccc3)=C(C[n+]3ccc(NC=O)n3CCOC(N)=O)CS[C@H]12. The van der Waals surface area contributed by atoms with Gasteiger partial charge < -0.3 is 30.6 Å². The van der Waals surface area contributed by atoms with E-state index in [9.17, 15) is 24.0 Å². The lowest BCUT2D eigenvalue weighted by Gasteiger charge is -2.49. The number of primary amides is 1. The van der Waals surface area contributed by atoms with Crippen molar-refractivity contribution >= 4 is 48.1 Å². The van der Waals surface area contributed by atoms with Crippen molar-refractivity contribution in [3.63, 3.8) is 0 Å². The van der Waals surface area contributed by atoms with E-state index in [0.717, 1.165) is 11.1 Å². The number of fused-ring (bicyclic) bond motifs is 1. The van der Waals surface area contributed by atoms with Gasteiger partial charge in [0.2, 0.25) is 6.41 Å². The summed E-state index contributed by atoms with van der Waals surface area (Å²) >= 11 is 1.38.